The summed E-state index contributed by atoms with van der Waals surface area (Å²) in [4.78, 5) is 17.5. The molecule has 33 heavy (non-hydrogen) atoms. The summed E-state index contributed by atoms with van der Waals surface area (Å²) in [5, 5.41) is 12.5. The average molecular weight is 434 g/mol. The van der Waals surface area contributed by atoms with Crippen LogP contribution in [0.5, 0.6) is 0 Å². The van der Waals surface area contributed by atoms with Crippen molar-refractivity contribution in [1.29, 1.82) is 0 Å². The Balaban J connectivity index is 1.59. The number of benzene rings is 3. The highest BCUT2D eigenvalue weighted by molar-refractivity contribution is 5.97. The number of rotatable bonds is 4. The number of nitrogens with one attached hydrogen (secondary N) is 2. The van der Waals surface area contributed by atoms with E-state index in [0.29, 0.717) is 11.9 Å². The van der Waals surface area contributed by atoms with Crippen molar-refractivity contribution in [1.82, 2.24) is 19.7 Å². The van der Waals surface area contributed by atoms with Gasteiger partial charge in [0.25, 0.3) is 5.56 Å². The van der Waals surface area contributed by atoms with Crippen molar-refractivity contribution >= 4 is 16.5 Å². The molecule has 2 unspecified atom stereocenters. The van der Waals surface area contributed by atoms with Crippen LogP contribution in [-0.2, 0) is 6.54 Å². The number of imidazole rings is 1. The Kier molecular flexibility index (Phi) is 4.57. The van der Waals surface area contributed by atoms with Crippen LogP contribution in [-0.4, -0.2) is 19.7 Å². The number of aryl methyl sites for hydroxylation is 1. The van der Waals surface area contributed by atoms with E-state index in [1.165, 1.54) is 5.56 Å². The monoisotopic (exact) mass is 433 g/mol. The van der Waals surface area contributed by atoms with Gasteiger partial charge in [-0.1, -0.05) is 66.7 Å². The topological polar surface area (TPSA) is 75.6 Å². The molecule has 2 N–H and O–H groups in total. The molecule has 2 atom stereocenters. The van der Waals surface area contributed by atoms with Crippen LogP contribution in [0, 0.1) is 6.92 Å². The van der Waals surface area contributed by atoms with Crippen LogP contribution in [0.15, 0.2) is 89.9 Å². The fourth-order valence-electron chi connectivity index (χ4n) is 4.93. The lowest BCUT2D eigenvalue weighted by atomic mass is 9.83. The molecule has 5 aromatic rings. The Morgan fingerprint density at radius 3 is 2.48 bits per heavy atom. The Morgan fingerprint density at radius 2 is 1.70 bits per heavy atom. The number of aromatic nitrogens is 4. The van der Waals surface area contributed by atoms with Gasteiger partial charge in [-0.2, -0.15) is 5.10 Å². The lowest BCUT2D eigenvalue weighted by molar-refractivity contribution is 0.571. The summed E-state index contributed by atoms with van der Waals surface area (Å²) in [6, 6.07) is 26.4. The van der Waals surface area contributed by atoms with E-state index in [9.17, 15) is 4.79 Å². The predicted molar refractivity (Wildman–Crippen MR) is 130 cm³/mol. The van der Waals surface area contributed by atoms with Gasteiger partial charge in [0, 0.05) is 23.8 Å². The highest BCUT2D eigenvalue weighted by atomic mass is 16.1. The molecular formula is C27H23N5O. The molecule has 0 saturated heterocycles. The van der Waals surface area contributed by atoms with Crippen molar-refractivity contribution in [2.24, 2.45) is 0 Å². The number of aromatic amines is 1. The summed E-state index contributed by atoms with van der Waals surface area (Å²) in [5.41, 5.74) is 4.88. The summed E-state index contributed by atoms with van der Waals surface area (Å²) < 4.78 is 2.21. The molecule has 0 radical (unpaired) electrons. The first-order valence-electron chi connectivity index (χ1n) is 11.1. The second kappa shape index (κ2) is 7.74. The summed E-state index contributed by atoms with van der Waals surface area (Å²) in [7, 11) is 0. The average Bonchev–Trinajstić information content (AvgIpc) is 3.21. The maximum Gasteiger partial charge on any atom is 0.272 e. The Morgan fingerprint density at radius 1 is 0.939 bits per heavy atom. The molecule has 6 heteroatoms. The van der Waals surface area contributed by atoms with E-state index >= 15 is 0 Å². The van der Waals surface area contributed by atoms with Gasteiger partial charge >= 0.3 is 0 Å². The van der Waals surface area contributed by atoms with Crippen LogP contribution in [0.2, 0.25) is 0 Å². The quantitative estimate of drug-likeness (QED) is 0.428. The van der Waals surface area contributed by atoms with Gasteiger partial charge in [-0.05, 0) is 30.2 Å². The maximum absolute atomic E-state index is 12.6. The van der Waals surface area contributed by atoms with Gasteiger partial charge in [-0.15, -0.1) is 0 Å². The standard InChI is InChI=1S/C27H23N5O/c1-17-15-32(16-18-9-4-2-5-10-18)26(28-17)23-24(19-11-6-3-7-12-19)29-21-14-8-13-20-22(21)25(23)30-31-27(20)33/h2-15,23-24,29H,16H2,1H3,(H,31,33). The van der Waals surface area contributed by atoms with Crippen LogP contribution in [0.25, 0.3) is 10.8 Å². The van der Waals surface area contributed by atoms with Gasteiger partial charge in [-0.3, -0.25) is 4.79 Å². The minimum absolute atomic E-state index is 0.0842. The molecule has 0 amide bonds. The summed E-state index contributed by atoms with van der Waals surface area (Å²) >= 11 is 0. The molecule has 6 rings (SSSR count). The van der Waals surface area contributed by atoms with Crippen molar-refractivity contribution in [2.45, 2.75) is 25.4 Å². The lowest BCUT2D eigenvalue weighted by Gasteiger charge is -2.34. The van der Waals surface area contributed by atoms with Gasteiger partial charge in [0.15, 0.2) is 0 Å². The Labute approximate surface area is 190 Å². The molecule has 162 valence electrons. The fourth-order valence-corrected chi connectivity index (χ4v) is 4.93. The number of nitrogens with zero attached hydrogens (tertiary/aromatic N) is 3. The molecule has 0 aliphatic carbocycles. The first-order valence-corrected chi connectivity index (χ1v) is 11.1. The van der Waals surface area contributed by atoms with Crippen molar-refractivity contribution in [3.63, 3.8) is 0 Å². The number of H-pyrrole nitrogens is 1. The van der Waals surface area contributed by atoms with Gasteiger partial charge in [0.1, 0.15) is 5.82 Å². The third-order valence-corrected chi connectivity index (χ3v) is 6.34. The van der Waals surface area contributed by atoms with Crippen molar-refractivity contribution in [2.75, 3.05) is 5.32 Å². The van der Waals surface area contributed by atoms with Gasteiger partial charge in [0.2, 0.25) is 0 Å². The highest BCUT2D eigenvalue weighted by Crippen LogP contribution is 2.45. The van der Waals surface area contributed by atoms with Gasteiger partial charge in [0.05, 0.1) is 28.7 Å². The summed E-state index contributed by atoms with van der Waals surface area (Å²) in [6.45, 7) is 2.73. The van der Waals surface area contributed by atoms with Crippen molar-refractivity contribution in [3.05, 3.63) is 124 Å². The van der Waals surface area contributed by atoms with Crippen LogP contribution < -0.4 is 10.9 Å². The molecule has 1 aliphatic heterocycles. The van der Waals surface area contributed by atoms with Gasteiger partial charge < -0.3 is 9.88 Å². The van der Waals surface area contributed by atoms with E-state index in [1.54, 1.807) is 0 Å². The molecule has 1 aliphatic rings. The molecule has 2 aromatic heterocycles. The van der Waals surface area contributed by atoms with E-state index < -0.39 is 0 Å². The van der Waals surface area contributed by atoms with E-state index in [0.717, 1.165) is 33.8 Å². The van der Waals surface area contributed by atoms with Crippen LogP contribution in [0.3, 0.4) is 0 Å². The molecule has 0 spiro atoms. The number of anilines is 1. The molecule has 0 bridgehead atoms. The number of hydrogen-bond donors (Lipinski definition) is 2. The second-order valence-corrected chi connectivity index (χ2v) is 8.53. The smallest absolute Gasteiger partial charge is 0.272 e. The maximum atomic E-state index is 12.6. The zero-order valence-corrected chi connectivity index (χ0v) is 18.2. The molecule has 3 heterocycles. The van der Waals surface area contributed by atoms with Gasteiger partial charge in [-0.25, -0.2) is 10.1 Å². The molecule has 6 nitrogen and oxygen atoms in total. The second-order valence-electron chi connectivity index (χ2n) is 8.53. The van der Waals surface area contributed by atoms with E-state index in [2.05, 4.69) is 62.7 Å². The van der Waals surface area contributed by atoms with Crippen LogP contribution >= 0.6 is 0 Å². The van der Waals surface area contributed by atoms with E-state index in [-0.39, 0.29) is 17.5 Å². The summed E-state index contributed by atoms with van der Waals surface area (Å²) in [5.74, 6) is 0.743. The molecule has 3 aromatic carbocycles. The first-order chi connectivity index (χ1) is 16.2. The minimum Gasteiger partial charge on any atom is -0.377 e. The summed E-state index contributed by atoms with van der Waals surface area (Å²) in [6.07, 6.45) is 2.09. The SMILES string of the molecule is Cc1cn(Cc2ccccc2)c(C2c3n[nH]c(=O)c4cccc(c34)NC2c2ccccc2)n1. The third kappa shape index (κ3) is 3.31. The Hall–Kier alpha value is -4.19. The van der Waals surface area contributed by atoms with E-state index in [4.69, 9.17) is 4.98 Å². The van der Waals surface area contributed by atoms with Crippen molar-refractivity contribution in [3.8, 4) is 0 Å². The highest BCUT2D eigenvalue weighted by Gasteiger charge is 2.37. The normalized spacial score (nSPS) is 17.1. The third-order valence-electron chi connectivity index (χ3n) is 6.34. The zero-order valence-electron chi connectivity index (χ0n) is 18.2. The van der Waals surface area contributed by atoms with Crippen LogP contribution in [0.1, 0.15) is 40.3 Å². The van der Waals surface area contributed by atoms with Crippen LogP contribution in [0.4, 0.5) is 5.69 Å². The van der Waals surface area contributed by atoms with Crippen molar-refractivity contribution < 1.29 is 0 Å². The predicted octanol–water partition coefficient (Wildman–Crippen LogP) is 4.78. The van der Waals surface area contributed by atoms with E-state index in [1.807, 2.05) is 49.4 Å². The zero-order chi connectivity index (χ0) is 22.4. The fraction of sp³-hybridized carbons (Fsp3) is 0.148. The number of hydrogen-bond acceptors (Lipinski definition) is 4. The minimum atomic E-state index is -0.182. The lowest BCUT2D eigenvalue weighted by Crippen LogP contribution is -2.30. The largest absolute Gasteiger partial charge is 0.377 e. The first kappa shape index (κ1) is 19.5. The Bertz CT molecular complexity index is 1500. The molecular weight excluding hydrogens is 410 g/mol. The molecule has 0 fully saturated rings. The molecule has 0 saturated carbocycles.